The van der Waals surface area contributed by atoms with Crippen molar-refractivity contribution >= 4 is 17.6 Å². The van der Waals surface area contributed by atoms with Gasteiger partial charge in [0.25, 0.3) is 0 Å². The summed E-state index contributed by atoms with van der Waals surface area (Å²) in [6.07, 6.45) is 0. The van der Waals surface area contributed by atoms with Gasteiger partial charge in [0.05, 0.1) is 10.6 Å². The first-order valence-electron chi connectivity index (χ1n) is 4.90. The van der Waals surface area contributed by atoms with Gasteiger partial charge in [-0.05, 0) is 19.1 Å². The van der Waals surface area contributed by atoms with Gasteiger partial charge in [0.15, 0.2) is 0 Å². The number of nitrogens with zero attached hydrogens (tertiary/aromatic N) is 2. The summed E-state index contributed by atoms with van der Waals surface area (Å²) in [5.41, 5.74) is 0.588. The van der Waals surface area contributed by atoms with Crippen molar-refractivity contribution in [2.75, 3.05) is 0 Å². The molecule has 0 fully saturated rings. The highest BCUT2D eigenvalue weighted by atomic mass is 35.5. The zero-order valence-electron chi connectivity index (χ0n) is 8.92. The lowest BCUT2D eigenvalue weighted by Crippen LogP contribution is -2.07. The van der Waals surface area contributed by atoms with E-state index in [1.54, 1.807) is 24.3 Å². The number of carboxylic acids is 1. The van der Waals surface area contributed by atoms with Crippen molar-refractivity contribution in [3.8, 4) is 11.5 Å². The highest BCUT2D eigenvalue weighted by Gasteiger charge is 2.21. The van der Waals surface area contributed by atoms with Crippen LogP contribution in [0.25, 0.3) is 11.5 Å². The quantitative estimate of drug-likeness (QED) is 0.909. The molecular weight excluding hydrogens is 244 g/mol. The van der Waals surface area contributed by atoms with Gasteiger partial charge in [0.1, 0.15) is 5.92 Å². The molecule has 0 aliphatic heterocycles. The van der Waals surface area contributed by atoms with E-state index in [-0.39, 0.29) is 11.8 Å². The van der Waals surface area contributed by atoms with Crippen LogP contribution in [0.3, 0.4) is 0 Å². The van der Waals surface area contributed by atoms with Crippen LogP contribution >= 0.6 is 11.6 Å². The van der Waals surface area contributed by atoms with Gasteiger partial charge in [0.2, 0.25) is 11.8 Å². The highest BCUT2D eigenvalue weighted by molar-refractivity contribution is 6.33. The van der Waals surface area contributed by atoms with Crippen LogP contribution in [0.15, 0.2) is 28.7 Å². The number of carboxylic acid groups (broad SMARTS) is 1. The summed E-state index contributed by atoms with van der Waals surface area (Å²) < 4.78 is 5.29. The summed E-state index contributed by atoms with van der Waals surface area (Å²) >= 11 is 5.97. The van der Waals surface area contributed by atoms with Gasteiger partial charge in [-0.1, -0.05) is 23.7 Å². The summed E-state index contributed by atoms with van der Waals surface area (Å²) in [4.78, 5) is 10.8. The normalized spacial score (nSPS) is 12.4. The molecule has 0 saturated heterocycles. The SMILES string of the molecule is CC(C(=O)O)c1nnc(-c2ccccc2Cl)o1. The predicted molar refractivity (Wildman–Crippen MR) is 60.8 cm³/mol. The molecule has 0 saturated carbocycles. The fourth-order valence-corrected chi connectivity index (χ4v) is 1.48. The van der Waals surface area contributed by atoms with Gasteiger partial charge >= 0.3 is 5.97 Å². The van der Waals surface area contributed by atoms with Crippen molar-refractivity contribution in [2.24, 2.45) is 0 Å². The molecule has 2 aromatic rings. The standard InChI is InChI=1S/C11H9ClN2O3/c1-6(11(15)16)9-13-14-10(17-9)7-4-2-3-5-8(7)12/h2-6H,1H3,(H,15,16). The predicted octanol–water partition coefficient (Wildman–Crippen LogP) is 2.58. The van der Waals surface area contributed by atoms with Crippen LogP contribution in [0.5, 0.6) is 0 Å². The Balaban J connectivity index is 2.37. The molecule has 0 radical (unpaired) electrons. The zero-order valence-corrected chi connectivity index (χ0v) is 9.68. The summed E-state index contributed by atoms with van der Waals surface area (Å²) in [7, 11) is 0. The van der Waals surface area contributed by atoms with Crippen molar-refractivity contribution < 1.29 is 14.3 Å². The van der Waals surface area contributed by atoms with Crippen LogP contribution < -0.4 is 0 Å². The molecule has 0 spiro atoms. The second kappa shape index (κ2) is 4.55. The molecule has 5 nitrogen and oxygen atoms in total. The van der Waals surface area contributed by atoms with Crippen molar-refractivity contribution in [3.63, 3.8) is 0 Å². The summed E-state index contributed by atoms with van der Waals surface area (Å²) in [5.74, 6) is -1.57. The fraction of sp³-hybridized carbons (Fsp3) is 0.182. The molecule has 0 bridgehead atoms. The number of hydrogen-bond acceptors (Lipinski definition) is 4. The second-order valence-electron chi connectivity index (χ2n) is 3.49. The first kappa shape index (κ1) is 11.6. The average molecular weight is 253 g/mol. The number of rotatable bonds is 3. The van der Waals surface area contributed by atoms with E-state index < -0.39 is 11.9 Å². The lowest BCUT2D eigenvalue weighted by atomic mass is 10.2. The molecule has 1 unspecified atom stereocenters. The van der Waals surface area contributed by atoms with E-state index in [1.807, 2.05) is 0 Å². The Morgan fingerprint density at radius 3 is 2.76 bits per heavy atom. The van der Waals surface area contributed by atoms with Crippen LogP contribution in [-0.4, -0.2) is 21.3 Å². The molecule has 17 heavy (non-hydrogen) atoms. The number of hydrogen-bond donors (Lipinski definition) is 1. The van der Waals surface area contributed by atoms with Gasteiger partial charge in [-0.15, -0.1) is 10.2 Å². The Morgan fingerprint density at radius 1 is 1.41 bits per heavy atom. The fourth-order valence-electron chi connectivity index (χ4n) is 1.26. The molecule has 1 atom stereocenters. The first-order chi connectivity index (χ1) is 8.09. The Bertz CT molecular complexity index is 553. The maximum atomic E-state index is 10.8. The van der Waals surface area contributed by atoms with Crippen LogP contribution in [0, 0.1) is 0 Å². The van der Waals surface area contributed by atoms with E-state index in [0.29, 0.717) is 10.6 Å². The molecule has 2 rings (SSSR count). The second-order valence-corrected chi connectivity index (χ2v) is 3.89. The largest absolute Gasteiger partial charge is 0.481 e. The molecular formula is C11H9ClN2O3. The number of halogens is 1. The molecule has 0 aliphatic rings. The van der Waals surface area contributed by atoms with Crippen LogP contribution in [0.2, 0.25) is 5.02 Å². The lowest BCUT2D eigenvalue weighted by molar-refractivity contribution is -0.138. The van der Waals surface area contributed by atoms with E-state index >= 15 is 0 Å². The minimum absolute atomic E-state index is 0.0624. The molecule has 1 aromatic carbocycles. The van der Waals surface area contributed by atoms with E-state index in [1.165, 1.54) is 6.92 Å². The third-order valence-corrected chi connectivity index (χ3v) is 2.62. The van der Waals surface area contributed by atoms with E-state index in [4.69, 9.17) is 21.1 Å². The maximum absolute atomic E-state index is 10.8. The molecule has 1 aromatic heterocycles. The Labute approximate surface area is 102 Å². The molecule has 1 heterocycles. The topological polar surface area (TPSA) is 76.2 Å². The molecule has 6 heteroatoms. The summed E-state index contributed by atoms with van der Waals surface area (Å²) in [5, 5.41) is 16.8. The van der Waals surface area contributed by atoms with E-state index in [2.05, 4.69) is 10.2 Å². The van der Waals surface area contributed by atoms with E-state index in [9.17, 15) is 4.79 Å². The minimum atomic E-state index is -1.01. The first-order valence-corrected chi connectivity index (χ1v) is 5.28. The third-order valence-electron chi connectivity index (χ3n) is 2.29. The van der Waals surface area contributed by atoms with Gasteiger partial charge in [-0.2, -0.15) is 0 Å². The third kappa shape index (κ3) is 2.29. The zero-order chi connectivity index (χ0) is 12.4. The van der Waals surface area contributed by atoms with Gasteiger partial charge in [-0.3, -0.25) is 4.79 Å². The minimum Gasteiger partial charge on any atom is -0.481 e. The maximum Gasteiger partial charge on any atom is 0.315 e. The monoisotopic (exact) mass is 252 g/mol. The molecule has 1 N–H and O–H groups in total. The van der Waals surface area contributed by atoms with Gasteiger partial charge < -0.3 is 9.52 Å². The number of aliphatic carboxylic acids is 1. The van der Waals surface area contributed by atoms with Crippen molar-refractivity contribution in [1.29, 1.82) is 0 Å². The van der Waals surface area contributed by atoms with Crippen molar-refractivity contribution in [3.05, 3.63) is 35.2 Å². The van der Waals surface area contributed by atoms with Crippen LogP contribution in [0.4, 0.5) is 0 Å². The van der Waals surface area contributed by atoms with Crippen molar-refractivity contribution in [1.82, 2.24) is 10.2 Å². The van der Waals surface area contributed by atoms with Crippen LogP contribution in [0.1, 0.15) is 18.7 Å². The number of carbonyl (C=O) groups is 1. The average Bonchev–Trinajstić information content (AvgIpc) is 2.77. The summed E-state index contributed by atoms with van der Waals surface area (Å²) in [6.45, 7) is 1.48. The molecule has 0 aliphatic carbocycles. The lowest BCUT2D eigenvalue weighted by Gasteiger charge is -1.99. The number of benzene rings is 1. The smallest absolute Gasteiger partial charge is 0.315 e. The molecule has 88 valence electrons. The Kier molecular flexibility index (Phi) is 3.10. The number of aromatic nitrogens is 2. The Morgan fingerprint density at radius 2 is 2.12 bits per heavy atom. The highest BCUT2D eigenvalue weighted by Crippen LogP contribution is 2.27. The Hall–Kier alpha value is -1.88. The van der Waals surface area contributed by atoms with E-state index in [0.717, 1.165) is 0 Å². The molecule has 0 amide bonds. The van der Waals surface area contributed by atoms with Gasteiger partial charge in [-0.25, -0.2) is 0 Å². The summed E-state index contributed by atoms with van der Waals surface area (Å²) in [6, 6.07) is 6.99. The van der Waals surface area contributed by atoms with Crippen molar-refractivity contribution in [2.45, 2.75) is 12.8 Å². The van der Waals surface area contributed by atoms with Crippen LogP contribution in [-0.2, 0) is 4.79 Å². The van der Waals surface area contributed by atoms with Gasteiger partial charge in [0, 0.05) is 0 Å².